The zero-order chi connectivity index (χ0) is 14.7. The number of para-hydroxylation sites is 1. The first kappa shape index (κ1) is 13.6. The minimum atomic E-state index is -0.314. The smallest absolute Gasteiger partial charge is 0.221 e. The molecule has 3 N–H and O–H groups in total. The Hall–Kier alpha value is -2.36. The number of benzene rings is 1. The van der Waals surface area contributed by atoms with Crippen molar-refractivity contribution in [1.29, 1.82) is 0 Å². The Morgan fingerprint density at radius 1 is 1.29 bits per heavy atom. The van der Waals surface area contributed by atoms with Crippen molar-refractivity contribution in [3.05, 3.63) is 59.4 Å². The Balaban J connectivity index is 1.86. The lowest BCUT2D eigenvalue weighted by molar-refractivity contribution is -0.117. The maximum atomic E-state index is 11.2. The van der Waals surface area contributed by atoms with Crippen LogP contribution in [0.15, 0.2) is 42.6 Å². The van der Waals surface area contributed by atoms with E-state index in [0.717, 1.165) is 36.2 Å². The number of nitrogens with one attached hydrogen (secondary N) is 1. The second-order valence-corrected chi connectivity index (χ2v) is 5.44. The van der Waals surface area contributed by atoms with E-state index >= 15 is 0 Å². The van der Waals surface area contributed by atoms with E-state index in [9.17, 15) is 4.79 Å². The minimum absolute atomic E-state index is 0.198. The number of fused-ring (bicyclic) bond motifs is 1. The highest BCUT2D eigenvalue weighted by atomic mass is 16.1. The van der Waals surface area contributed by atoms with Crippen LogP contribution in [0.4, 0.5) is 5.69 Å². The van der Waals surface area contributed by atoms with Crippen molar-refractivity contribution in [1.82, 2.24) is 4.98 Å². The largest absolute Gasteiger partial charge is 0.376 e. The number of hydrogen-bond donors (Lipinski definition) is 2. The van der Waals surface area contributed by atoms with Gasteiger partial charge in [-0.3, -0.25) is 9.78 Å². The molecule has 0 fully saturated rings. The van der Waals surface area contributed by atoms with Gasteiger partial charge in [0.05, 0.1) is 18.2 Å². The van der Waals surface area contributed by atoms with E-state index in [1.54, 1.807) is 0 Å². The summed E-state index contributed by atoms with van der Waals surface area (Å²) in [5.41, 5.74) is 9.67. The normalized spacial score (nSPS) is 17.0. The highest BCUT2D eigenvalue weighted by Gasteiger charge is 2.21. The topological polar surface area (TPSA) is 68.0 Å². The Labute approximate surface area is 124 Å². The van der Waals surface area contributed by atoms with Gasteiger partial charge in [-0.2, -0.15) is 0 Å². The number of rotatable bonds is 4. The zero-order valence-electron chi connectivity index (χ0n) is 11.9. The maximum Gasteiger partial charge on any atom is 0.221 e. The third-order valence-electron chi connectivity index (χ3n) is 3.91. The summed E-state index contributed by atoms with van der Waals surface area (Å²) in [6.07, 6.45) is 5.38. The van der Waals surface area contributed by atoms with Crippen LogP contribution in [0.2, 0.25) is 0 Å². The number of primary amides is 1. The summed E-state index contributed by atoms with van der Waals surface area (Å²) in [7, 11) is 0. The van der Waals surface area contributed by atoms with Gasteiger partial charge in [0.1, 0.15) is 0 Å². The van der Waals surface area contributed by atoms with Crippen LogP contribution in [0.3, 0.4) is 0 Å². The van der Waals surface area contributed by atoms with E-state index in [4.69, 9.17) is 5.73 Å². The fourth-order valence-corrected chi connectivity index (χ4v) is 2.94. The van der Waals surface area contributed by atoms with Crippen molar-refractivity contribution in [2.24, 2.45) is 5.73 Å². The summed E-state index contributed by atoms with van der Waals surface area (Å²) in [5, 5.41) is 3.54. The highest BCUT2D eigenvalue weighted by molar-refractivity contribution is 5.78. The van der Waals surface area contributed by atoms with Gasteiger partial charge in [-0.05, 0) is 42.5 Å². The predicted octanol–water partition coefficient (Wildman–Crippen LogP) is 2.60. The number of pyridine rings is 1. The number of nitrogens with two attached hydrogens (primary N) is 1. The van der Waals surface area contributed by atoms with Crippen LogP contribution in [-0.2, 0) is 17.6 Å². The van der Waals surface area contributed by atoms with Crippen LogP contribution in [0.1, 0.15) is 35.7 Å². The van der Waals surface area contributed by atoms with Crippen LogP contribution in [0.5, 0.6) is 0 Å². The van der Waals surface area contributed by atoms with E-state index in [1.165, 1.54) is 5.56 Å². The molecule has 3 rings (SSSR count). The number of carbonyl (C=O) groups excluding carboxylic acids is 1. The predicted molar refractivity (Wildman–Crippen MR) is 82.9 cm³/mol. The Bertz CT molecular complexity index is 654. The van der Waals surface area contributed by atoms with Crippen LogP contribution in [0.25, 0.3) is 0 Å². The molecule has 1 heterocycles. The molecule has 1 unspecified atom stereocenters. The maximum absolute atomic E-state index is 11.2. The molecule has 4 heteroatoms. The first-order valence-corrected chi connectivity index (χ1v) is 7.30. The summed E-state index contributed by atoms with van der Waals surface area (Å²) in [4.78, 5) is 15.7. The summed E-state index contributed by atoms with van der Waals surface area (Å²) >= 11 is 0. The number of aryl methyl sites for hydroxylation is 1. The molecule has 0 saturated heterocycles. The lowest BCUT2D eigenvalue weighted by Crippen LogP contribution is -2.20. The first-order chi connectivity index (χ1) is 10.2. The third-order valence-corrected chi connectivity index (χ3v) is 3.91. The highest BCUT2D eigenvalue weighted by Crippen LogP contribution is 2.31. The molecular formula is C17H19N3O. The van der Waals surface area contributed by atoms with Crippen LogP contribution in [0, 0.1) is 0 Å². The molecule has 0 radical (unpaired) electrons. The molecular weight excluding hydrogens is 262 g/mol. The molecule has 4 nitrogen and oxygen atoms in total. The van der Waals surface area contributed by atoms with Gasteiger partial charge in [0.15, 0.2) is 0 Å². The zero-order valence-corrected chi connectivity index (χ0v) is 11.9. The number of nitrogens with zero attached hydrogens (tertiary/aromatic N) is 1. The summed E-state index contributed by atoms with van der Waals surface area (Å²) in [5.74, 6) is -0.314. The van der Waals surface area contributed by atoms with E-state index in [2.05, 4.69) is 16.4 Å². The third kappa shape index (κ3) is 3.05. The standard InChI is InChI=1S/C17H19N3O/c18-16(21)11-13-5-1-2-8-14(13)20-15-9-3-6-12-7-4-10-19-17(12)15/h1-2,4-5,7-8,10,15,20H,3,6,9,11H2,(H2,18,21). The molecule has 0 aliphatic heterocycles. The van der Waals surface area contributed by atoms with Gasteiger partial charge in [-0.15, -0.1) is 0 Å². The number of amides is 1. The summed E-state index contributed by atoms with van der Waals surface area (Å²) < 4.78 is 0. The summed E-state index contributed by atoms with van der Waals surface area (Å²) in [6.45, 7) is 0. The van der Waals surface area contributed by atoms with Crippen molar-refractivity contribution in [3.63, 3.8) is 0 Å². The number of carbonyl (C=O) groups is 1. The molecule has 1 amide bonds. The van der Waals surface area contributed by atoms with Crippen molar-refractivity contribution < 1.29 is 4.79 Å². The molecule has 1 aromatic heterocycles. The molecule has 0 spiro atoms. The van der Waals surface area contributed by atoms with E-state index in [0.29, 0.717) is 0 Å². The fraction of sp³-hybridized carbons (Fsp3) is 0.294. The summed E-state index contributed by atoms with van der Waals surface area (Å²) in [6, 6.07) is 12.2. The monoisotopic (exact) mass is 281 g/mol. The van der Waals surface area contributed by atoms with E-state index in [-0.39, 0.29) is 18.4 Å². The number of anilines is 1. The molecule has 1 aliphatic carbocycles. The second-order valence-electron chi connectivity index (χ2n) is 5.44. The van der Waals surface area contributed by atoms with Crippen molar-refractivity contribution in [2.75, 3.05) is 5.32 Å². The van der Waals surface area contributed by atoms with E-state index in [1.807, 2.05) is 36.5 Å². The van der Waals surface area contributed by atoms with Gasteiger partial charge in [0.25, 0.3) is 0 Å². The van der Waals surface area contributed by atoms with Gasteiger partial charge in [0.2, 0.25) is 5.91 Å². The molecule has 0 saturated carbocycles. The Morgan fingerprint density at radius 3 is 3.00 bits per heavy atom. The van der Waals surface area contributed by atoms with Gasteiger partial charge in [-0.1, -0.05) is 24.3 Å². The molecule has 1 aromatic carbocycles. The fourth-order valence-electron chi connectivity index (χ4n) is 2.94. The van der Waals surface area contributed by atoms with Crippen molar-refractivity contribution in [3.8, 4) is 0 Å². The number of aromatic nitrogens is 1. The Morgan fingerprint density at radius 2 is 2.14 bits per heavy atom. The minimum Gasteiger partial charge on any atom is -0.376 e. The average molecular weight is 281 g/mol. The lowest BCUT2D eigenvalue weighted by Gasteiger charge is -2.27. The van der Waals surface area contributed by atoms with Crippen LogP contribution in [-0.4, -0.2) is 10.9 Å². The molecule has 2 aromatic rings. The molecule has 1 atom stereocenters. The lowest BCUT2D eigenvalue weighted by atomic mass is 9.91. The van der Waals surface area contributed by atoms with E-state index < -0.39 is 0 Å². The van der Waals surface area contributed by atoms with Gasteiger partial charge in [0, 0.05) is 11.9 Å². The van der Waals surface area contributed by atoms with Gasteiger partial charge >= 0.3 is 0 Å². The number of hydrogen-bond acceptors (Lipinski definition) is 3. The van der Waals surface area contributed by atoms with Crippen molar-refractivity contribution in [2.45, 2.75) is 31.7 Å². The second kappa shape index (κ2) is 5.95. The van der Waals surface area contributed by atoms with Crippen LogP contribution < -0.4 is 11.1 Å². The Kier molecular flexibility index (Phi) is 3.86. The SMILES string of the molecule is NC(=O)Cc1ccccc1NC1CCCc2cccnc21. The molecule has 1 aliphatic rings. The molecule has 0 bridgehead atoms. The van der Waals surface area contributed by atoms with Crippen molar-refractivity contribution >= 4 is 11.6 Å². The van der Waals surface area contributed by atoms with Gasteiger partial charge in [-0.25, -0.2) is 0 Å². The van der Waals surface area contributed by atoms with Crippen LogP contribution >= 0.6 is 0 Å². The molecule has 108 valence electrons. The molecule has 21 heavy (non-hydrogen) atoms. The van der Waals surface area contributed by atoms with Gasteiger partial charge < -0.3 is 11.1 Å². The first-order valence-electron chi connectivity index (χ1n) is 7.30. The average Bonchev–Trinajstić information content (AvgIpc) is 2.49. The quantitative estimate of drug-likeness (QED) is 0.905.